The Hall–Kier alpha value is -2.02. The first-order valence-electron chi connectivity index (χ1n) is 4.31. The Labute approximate surface area is 98.0 Å². The van der Waals surface area contributed by atoms with Crippen molar-refractivity contribution in [2.24, 2.45) is 0 Å². The van der Waals surface area contributed by atoms with Crippen LogP contribution in [0.5, 0.6) is 0 Å². The summed E-state index contributed by atoms with van der Waals surface area (Å²) >= 11 is 2.68. The molecule has 0 aliphatic rings. The highest BCUT2D eigenvalue weighted by Crippen LogP contribution is 2.29. The number of rotatable bonds is 0. The molecule has 0 fully saturated rings. The summed E-state index contributed by atoms with van der Waals surface area (Å²) in [4.78, 5) is 8.34. The van der Waals surface area contributed by atoms with E-state index in [0.717, 1.165) is 20.4 Å². The van der Waals surface area contributed by atoms with Gasteiger partial charge in [0.1, 0.15) is 12.1 Å². The Morgan fingerprint density at radius 3 is 1.69 bits per heavy atom. The molecule has 2 aromatic heterocycles. The van der Waals surface area contributed by atoms with Crippen LogP contribution in [0.1, 0.15) is 10.0 Å². The number of fused-ring (bicyclic) bond motifs is 2. The molecular formula is C10H2N4S2. The number of aromatic nitrogens is 2. The van der Waals surface area contributed by atoms with Gasteiger partial charge < -0.3 is 0 Å². The maximum atomic E-state index is 8.75. The molecule has 0 radical (unpaired) electrons. The van der Waals surface area contributed by atoms with Crippen LogP contribution in [0.25, 0.3) is 20.4 Å². The highest BCUT2D eigenvalue weighted by Gasteiger charge is 2.08. The molecule has 0 saturated carbocycles. The first-order chi connectivity index (χ1) is 7.80. The van der Waals surface area contributed by atoms with E-state index in [9.17, 15) is 0 Å². The minimum atomic E-state index is 0.452. The Balaban J connectivity index is 2.39. The zero-order chi connectivity index (χ0) is 11.1. The topological polar surface area (TPSA) is 73.4 Å². The van der Waals surface area contributed by atoms with E-state index in [2.05, 4.69) is 9.97 Å². The summed E-state index contributed by atoms with van der Waals surface area (Å²) in [5.41, 5.74) is 1.59. The zero-order valence-corrected chi connectivity index (χ0v) is 9.39. The molecule has 0 N–H and O–H groups in total. The van der Waals surface area contributed by atoms with Gasteiger partial charge in [-0.25, -0.2) is 9.97 Å². The van der Waals surface area contributed by atoms with Crippen LogP contribution in [0.4, 0.5) is 0 Å². The molecule has 0 amide bonds. The van der Waals surface area contributed by atoms with Crippen molar-refractivity contribution < 1.29 is 0 Å². The van der Waals surface area contributed by atoms with E-state index in [1.165, 1.54) is 22.7 Å². The summed E-state index contributed by atoms with van der Waals surface area (Å²) < 4.78 is 1.86. The lowest BCUT2D eigenvalue weighted by Crippen LogP contribution is -1.71. The average molecular weight is 242 g/mol. The van der Waals surface area contributed by atoms with Gasteiger partial charge in [-0.05, 0) is 12.1 Å². The summed E-state index contributed by atoms with van der Waals surface area (Å²) in [6.45, 7) is 0. The van der Waals surface area contributed by atoms with Gasteiger partial charge in [-0.3, -0.25) is 0 Å². The quantitative estimate of drug-likeness (QED) is 0.607. The Bertz CT molecular complexity index is 670. The number of benzene rings is 1. The molecule has 3 aromatic rings. The van der Waals surface area contributed by atoms with Gasteiger partial charge in [-0.15, -0.1) is 22.7 Å². The van der Waals surface area contributed by atoms with E-state index < -0.39 is 0 Å². The zero-order valence-electron chi connectivity index (χ0n) is 7.76. The maximum Gasteiger partial charge on any atom is 0.195 e. The van der Waals surface area contributed by atoms with E-state index in [0.29, 0.717) is 10.0 Å². The minimum absolute atomic E-state index is 0.452. The summed E-state index contributed by atoms with van der Waals surface area (Å²) in [5.74, 6) is 0. The van der Waals surface area contributed by atoms with E-state index in [4.69, 9.17) is 10.5 Å². The number of thiazole rings is 2. The van der Waals surface area contributed by atoms with Crippen molar-refractivity contribution in [2.75, 3.05) is 0 Å². The van der Waals surface area contributed by atoms with E-state index in [1.54, 1.807) is 0 Å². The average Bonchev–Trinajstić information content (AvgIpc) is 2.86. The summed E-state index contributed by atoms with van der Waals surface area (Å²) in [7, 11) is 0. The smallest absolute Gasteiger partial charge is 0.195 e. The highest BCUT2D eigenvalue weighted by atomic mass is 32.1. The van der Waals surface area contributed by atoms with Crippen LogP contribution in [-0.2, 0) is 0 Å². The predicted molar refractivity (Wildman–Crippen MR) is 62.2 cm³/mol. The molecule has 4 nitrogen and oxygen atoms in total. The molecule has 74 valence electrons. The SMILES string of the molecule is N#Cc1nc2cc3sc(C#N)nc3cc2s1. The third-order valence-corrected chi connectivity index (χ3v) is 3.93. The summed E-state index contributed by atoms with van der Waals surface area (Å²) in [5, 5.41) is 18.4. The molecular weight excluding hydrogens is 240 g/mol. The fourth-order valence-electron chi connectivity index (χ4n) is 1.45. The first-order valence-corrected chi connectivity index (χ1v) is 5.95. The van der Waals surface area contributed by atoms with Gasteiger partial charge in [-0.1, -0.05) is 0 Å². The van der Waals surface area contributed by atoms with Gasteiger partial charge in [0.25, 0.3) is 0 Å². The lowest BCUT2D eigenvalue weighted by Gasteiger charge is -1.86. The minimum Gasteiger partial charge on any atom is -0.226 e. The van der Waals surface area contributed by atoms with Gasteiger partial charge >= 0.3 is 0 Å². The molecule has 0 bridgehead atoms. The standard InChI is InChI=1S/C10H2N4S2/c11-3-9-13-5-1-7-6(2-8(5)16-9)14-10(4-12)15-7/h1-2H. The van der Waals surface area contributed by atoms with Gasteiger partial charge in [0.05, 0.1) is 20.4 Å². The van der Waals surface area contributed by atoms with Crippen molar-refractivity contribution in [2.45, 2.75) is 0 Å². The molecule has 0 unspecified atom stereocenters. The van der Waals surface area contributed by atoms with E-state index in [1.807, 2.05) is 24.3 Å². The fraction of sp³-hybridized carbons (Fsp3) is 0. The molecule has 0 aliphatic heterocycles. The van der Waals surface area contributed by atoms with Crippen LogP contribution in [0, 0.1) is 22.7 Å². The Morgan fingerprint density at radius 2 is 1.31 bits per heavy atom. The predicted octanol–water partition coefficient (Wildman–Crippen LogP) is 2.65. The molecule has 0 saturated heterocycles. The molecule has 2 heterocycles. The van der Waals surface area contributed by atoms with Crippen molar-refractivity contribution in [3.05, 3.63) is 22.1 Å². The molecule has 3 rings (SSSR count). The van der Waals surface area contributed by atoms with Gasteiger partial charge in [0, 0.05) is 0 Å². The Morgan fingerprint density at radius 1 is 0.875 bits per heavy atom. The van der Waals surface area contributed by atoms with Crippen LogP contribution < -0.4 is 0 Å². The highest BCUT2D eigenvalue weighted by molar-refractivity contribution is 7.20. The second kappa shape index (κ2) is 3.24. The number of nitriles is 2. The molecule has 0 spiro atoms. The monoisotopic (exact) mass is 242 g/mol. The number of hydrogen-bond acceptors (Lipinski definition) is 6. The maximum absolute atomic E-state index is 8.75. The number of nitrogens with zero attached hydrogens (tertiary/aromatic N) is 4. The lowest BCUT2D eigenvalue weighted by molar-refractivity contribution is 1.40. The molecule has 0 atom stereocenters. The lowest BCUT2D eigenvalue weighted by atomic mass is 10.3. The van der Waals surface area contributed by atoms with E-state index in [-0.39, 0.29) is 0 Å². The summed E-state index contributed by atoms with van der Waals surface area (Å²) in [6, 6.07) is 7.80. The van der Waals surface area contributed by atoms with E-state index >= 15 is 0 Å². The van der Waals surface area contributed by atoms with Crippen LogP contribution >= 0.6 is 22.7 Å². The first kappa shape index (κ1) is 9.22. The third-order valence-electron chi connectivity index (χ3n) is 2.09. The van der Waals surface area contributed by atoms with Crippen LogP contribution in [-0.4, -0.2) is 9.97 Å². The molecule has 16 heavy (non-hydrogen) atoms. The second-order valence-electron chi connectivity index (χ2n) is 3.05. The van der Waals surface area contributed by atoms with Crippen molar-refractivity contribution in [3.8, 4) is 12.1 Å². The van der Waals surface area contributed by atoms with Crippen LogP contribution in [0.3, 0.4) is 0 Å². The third kappa shape index (κ3) is 1.25. The second-order valence-corrected chi connectivity index (χ2v) is 5.11. The van der Waals surface area contributed by atoms with Gasteiger partial charge in [0.15, 0.2) is 10.0 Å². The molecule has 1 aromatic carbocycles. The Kier molecular flexibility index (Phi) is 1.87. The van der Waals surface area contributed by atoms with Crippen molar-refractivity contribution in [3.63, 3.8) is 0 Å². The number of hydrogen-bond donors (Lipinski definition) is 0. The fourth-order valence-corrected chi connectivity index (χ4v) is 3.00. The van der Waals surface area contributed by atoms with Crippen molar-refractivity contribution in [1.29, 1.82) is 10.5 Å². The normalized spacial score (nSPS) is 10.4. The van der Waals surface area contributed by atoms with Crippen LogP contribution in [0.15, 0.2) is 12.1 Å². The van der Waals surface area contributed by atoms with Crippen molar-refractivity contribution >= 4 is 43.1 Å². The van der Waals surface area contributed by atoms with Gasteiger partial charge in [0.2, 0.25) is 0 Å². The molecule has 0 aliphatic carbocycles. The van der Waals surface area contributed by atoms with Crippen LogP contribution in [0.2, 0.25) is 0 Å². The van der Waals surface area contributed by atoms with Gasteiger partial charge in [-0.2, -0.15) is 10.5 Å². The molecule has 6 heteroatoms. The largest absolute Gasteiger partial charge is 0.226 e. The van der Waals surface area contributed by atoms with Crippen molar-refractivity contribution in [1.82, 2.24) is 9.97 Å². The summed E-state index contributed by atoms with van der Waals surface area (Å²) in [6.07, 6.45) is 0.